The Morgan fingerprint density at radius 3 is 2.82 bits per heavy atom. The fraction of sp³-hybridized carbons (Fsp3) is 0.625. The summed E-state index contributed by atoms with van der Waals surface area (Å²) < 4.78 is 6.82. The predicted molar refractivity (Wildman–Crippen MR) is 90.5 cm³/mol. The van der Waals surface area contributed by atoms with Crippen LogP contribution in [0.1, 0.15) is 25.5 Å². The van der Waals surface area contributed by atoms with Gasteiger partial charge in [-0.15, -0.1) is 0 Å². The summed E-state index contributed by atoms with van der Waals surface area (Å²) in [4.78, 5) is 16.3. The molecule has 124 valence electrons. The fourth-order valence-electron chi connectivity index (χ4n) is 2.10. The van der Waals surface area contributed by atoms with Gasteiger partial charge in [0.05, 0.1) is 6.61 Å². The zero-order valence-corrected chi connectivity index (χ0v) is 13.9. The first-order chi connectivity index (χ1) is 10.7. The number of unbranched alkanes of at least 4 members (excludes halogenated alkanes) is 1. The van der Waals surface area contributed by atoms with Crippen LogP contribution >= 0.6 is 0 Å². The van der Waals surface area contributed by atoms with Crippen LogP contribution in [-0.4, -0.2) is 43.9 Å². The minimum Gasteiger partial charge on any atom is -0.383 e. The van der Waals surface area contributed by atoms with Gasteiger partial charge >= 0.3 is 0 Å². The largest absolute Gasteiger partial charge is 0.383 e. The molecule has 0 bridgehead atoms. The van der Waals surface area contributed by atoms with Crippen LogP contribution in [0.15, 0.2) is 28.0 Å². The monoisotopic (exact) mass is 308 g/mol. The molecule has 0 saturated heterocycles. The standard InChI is InChI=1S/C16H28N4O2/c1-4-17-16(19-11-13-22-3)18-10-5-6-12-20-14(2)8-7-9-15(20)21/h7-9H,4-6,10-13H2,1-3H3,(H2,17,18,19). The number of nitrogens with one attached hydrogen (secondary N) is 2. The molecule has 22 heavy (non-hydrogen) atoms. The van der Waals surface area contributed by atoms with Gasteiger partial charge < -0.3 is 19.9 Å². The molecule has 1 aromatic heterocycles. The number of aliphatic imine (C=N–C) groups is 1. The number of rotatable bonds is 9. The van der Waals surface area contributed by atoms with Crippen LogP contribution in [0, 0.1) is 6.92 Å². The van der Waals surface area contributed by atoms with E-state index in [1.165, 1.54) is 0 Å². The molecule has 0 saturated carbocycles. The second-order valence-corrected chi connectivity index (χ2v) is 5.04. The molecule has 1 heterocycles. The molecule has 0 atom stereocenters. The zero-order valence-electron chi connectivity index (χ0n) is 13.9. The zero-order chi connectivity index (χ0) is 16.2. The summed E-state index contributed by atoms with van der Waals surface area (Å²) in [5.41, 5.74) is 1.07. The Hall–Kier alpha value is -1.82. The summed E-state index contributed by atoms with van der Waals surface area (Å²) >= 11 is 0. The maximum Gasteiger partial charge on any atom is 0.250 e. The number of ether oxygens (including phenoxy) is 1. The molecule has 0 aliphatic heterocycles. The number of hydrogen-bond donors (Lipinski definition) is 2. The maximum atomic E-state index is 11.7. The van der Waals surface area contributed by atoms with Crippen molar-refractivity contribution in [2.45, 2.75) is 33.2 Å². The van der Waals surface area contributed by atoms with E-state index in [1.54, 1.807) is 19.2 Å². The van der Waals surface area contributed by atoms with E-state index in [-0.39, 0.29) is 5.56 Å². The summed E-state index contributed by atoms with van der Waals surface area (Å²) in [7, 11) is 1.68. The highest BCUT2D eigenvalue weighted by molar-refractivity contribution is 5.79. The van der Waals surface area contributed by atoms with Gasteiger partial charge in [0.15, 0.2) is 5.96 Å². The van der Waals surface area contributed by atoms with Gasteiger partial charge in [-0.1, -0.05) is 6.07 Å². The number of nitrogens with zero attached hydrogens (tertiary/aromatic N) is 2. The van der Waals surface area contributed by atoms with Gasteiger partial charge in [0.25, 0.3) is 5.56 Å². The lowest BCUT2D eigenvalue weighted by molar-refractivity contribution is 0.203. The number of hydrogen-bond acceptors (Lipinski definition) is 3. The van der Waals surface area contributed by atoms with E-state index in [9.17, 15) is 4.79 Å². The van der Waals surface area contributed by atoms with E-state index in [0.29, 0.717) is 6.61 Å². The van der Waals surface area contributed by atoms with Crippen LogP contribution in [0.2, 0.25) is 0 Å². The second-order valence-electron chi connectivity index (χ2n) is 5.04. The van der Waals surface area contributed by atoms with E-state index < -0.39 is 0 Å². The number of pyridine rings is 1. The van der Waals surface area contributed by atoms with Crippen molar-refractivity contribution >= 4 is 5.96 Å². The molecule has 1 rings (SSSR count). The molecule has 0 unspecified atom stereocenters. The van der Waals surface area contributed by atoms with Gasteiger partial charge in [0, 0.05) is 45.0 Å². The Bertz CT molecular complexity index is 511. The van der Waals surface area contributed by atoms with Gasteiger partial charge in [0.2, 0.25) is 0 Å². The predicted octanol–water partition coefficient (Wildman–Crippen LogP) is 1.14. The Kier molecular flexibility index (Phi) is 8.98. The van der Waals surface area contributed by atoms with Crippen LogP contribution in [0.5, 0.6) is 0 Å². The second kappa shape index (κ2) is 10.8. The van der Waals surface area contributed by atoms with Crippen molar-refractivity contribution in [1.82, 2.24) is 15.2 Å². The van der Waals surface area contributed by atoms with Crippen LogP contribution < -0.4 is 16.2 Å². The Labute approximate surface area is 132 Å². The normalized spacial score (nSPS) is 11.5. The van der Waals surface area contributed by atoms with Crippen molar-refractivity contribution in [3.05, 3.63) is 34.2 Å². The number of guanidine groups is 1. The first-order valence-corrected chi connectivity index (χ1v) is 7.86. The fourth-order valence-corrected chi connectivity index (χ4v) is 2.10. The number of methoxy groups -OCH3 is 1. The van der Waals surface area contributed by atoms with Crippen molar-refractivity contribution in [3.63, 3.8) is 0 Å². The third-order valence-electron chi connectivity index (χ3n) is 3.27. The highest BCUT2D eigenvalue weighted by atomic mass is 16.5. The van der Waals surface area contributed by atoms with Crippen molar-refractivity contribution in [2.75, 3.05) is 33.4 Å². The van der Waals surface area contributed by atoms with E-state index in [1.807, 2.05) is 24.5 Å². The van der Waals surface area contributed by atoms with Gasteiger partial charge in [-0.25, -0.2) is 0 Å². The Morgan fingerprint density at radius 1 is 1.32 bits per heavy atom. The molecule has 6 nitrogen and oxygen atoms in total. The lowest BCUT2D eigenvalue weighted by atomic mass is 10.3. The Balaban J connectivity index is 2.35. The van der Waals surface area contributed by atoms with Gasteiger partial charge in [-0.2, -0.15) is 0 Å². The third-order valence-corrected chi connectivity index (χ3v) is 3.27. The SMILES string of the molecule is CCNC(=NCCCCn1c(C)cccc1=O)NCCOC. The first kappa shape index (κ1) is 18.2. The first-order valence-electron chi connectivity index (χ1n) is 7.86. The summed E-state index contributed by atoms with van der Waals surface area (Å²) in [6.45, 7) is 7.71. The lowest BCUT2D eigenvalue weighted by Gasteiger charge is -2.11. The topological polar surface area (TPSA) is 67.7 Å². The molecule has 1 aromatic rings. The van der Waals surface area contributed by atoms with Crippen LogP contribution in [0.3, 0.4) is 0 Å². The van der Waals surface area contributed by atoms with E-state index in [4.69, 9.17) is 4.74 Å². The van der Waals surface area contributed by atoms with Crippen LogP contribution in [-0.2, 0) is 11.3 Å². The molecule has 2 N–H and O–H groups in total. The molecule has 0 aliphatic carbocycles. The van der Waals surface area contributed by atoms with Crippen molar-refractivity contribution in [2.24, 2.45) is 4.99 Å². The van der Waals surface area contributed by atoms with Gasteiger partial charge in [-0.3, -0.25) is 9.79 Å². The summed E-state index contributed by atoms with van der Waals surface area (Å²) in [5.74, 6) is 0.813. The minimum atomic E-state index is 0.0677. The van der Waals surface area contributed by atoms with Crippen LogP contribution in [0.25, 0.3) is 0 Å². The summed E-state index contributed by atoms with van der Waals surface area (Å²) in [5, 5.41) is 6.40. The lowest BCUT2D eigenvalue weighted by Crippen LogP contribution is -2.39. The highest BCUT2D eigenvalue weighted by Gasteiger charge is 1.99. The molecule has 0 aliphatic rings. The maximum absolute atomic E-state index is 11.7. The quantitative estimate of drug-likeness (QED) is 0.408. The average Bonchev–Trinajstić information content (AvgIpc) is 2.49. The van der Waals surface area contributed by atoms with Crippen LogP contribution in [0.4, 0.5) is 0 Å². The van der Waals surface area contributed by atoms with Crippen molar-refractivity contribution in [1.29, 1.82) is 0 Å². The minimum absolute atomic E-state index is 0.0677. The summed E-state index contributed by atoms with van der Waals surface area (Å²) in [6, 6.07) is 5.36. The Morgan fingerprint density at radius 2 is 2.14 bits per heavy atom. The summed E-state index contributed by atoms with van der Waals surface area (Å²) in [6.07, 6.45) is 1.88. The smallest absolute Gasteiger partial charge is 0.250 e. The molecular formula is C16H28N4O2. The molecule has 0 amide bonds. The molecule has 0 spiro atoms. The van der Waals surface area contributed by atoms with Crippen molar-refractivity contribution in [3.8, 4) is 0 Å². The number of aryl methyl sites for hydroxylation is 1. The number of aromatic nitrogens is 1. The van der Waals surface area contributed by atoms with Gasteiger partial charge in [-0.05, 0) is 32.8 Å². The van der Waals surface area contributed by atoms with Crippen molar-refractivity contribution < 1.29 is 4.74 Å². The average molecular weight is 308 g/mol. The van der Waals surface area contributed by atoms with E-state index in [0.717, 1.165) is 50.7 Å². The van der Waals surface area contributed by atoms with E-state index in [2.05, 4.69) is 15.6 Å². The molecule has 0 fully saturated rings. The molecule has 6 heteroatoms. The van der Waals surface area contributed by atoms with E-state index >= 15 is 0 Å². The molecular weight excluding hydrogens is 280 g/mol. The third kappa shape index (κ3) is 6.76. The molecule has 0 radical (unpaired) electrons. The molecule has 0 aromatic carbocycles. The van der Waals surface area contributed by atoms with Gasteiger partial charge in [0.1, 0.15) is 0 Å². The highest BCUT2D eigenvalue weighted by Crippen LogP contribution is 1.98.